The van der Waals surface area contributed by atoms with Gasteiger partial charge in [0, 0.05) is 17.8 Å². The van der Waals surface area contributed by atoms with Gasteiger partial charge in [-0.1, -0.05) is 52.0 Å². The minimum absolute atomic E-state index is 0. The number of anilines is 2. The molecule has 0 spiro atoms. The number of nitrogens with zero attached hydrogens (tertiary/aromatic N) is 1. The Bertz CT molecular complexity index is 803. The Kier molecular flexibility index (Phi) is 9.99. The van der Waals surface area contributed by atoms with Gasteiger partial charge in [0.05, 0.1) is 6.54 Å². The summed E-state index contributed by atoms with van der Waals surface area (Å²) in [5.41, 5.74) is 9.96. The number of aliphatic imine (C=N–C) groups is 1. The summed E-state index contributed by atoms with van der Waals surface area (Å²) in [5, 5.41) is 6.06. The van der Waals surface area contributed by atoms with E-state index in [-0.39, 0.29) is 29.9 Å². The highest BCUT2D eigenvalue weighted by molar-refractivity contribution is 14.0. The van der Waals surface area contributed by atoms with E-state index in [0.29, 0.717) is 30.8 Å². The van der Waals surface area contributed by atoms with Crippen molar-refractivity contribution in [2.45, 2.75) is 46.6 Å². The van der Waals surface area contributed by atoms with E-state index >= 15 is 0 Å². The molecule has 0 bridgehead atoms. The van der Waals surface area contributed by atoms with Crippen molar-refractivity contribution in [1.29, 1.82) is 0 Å². The van der Waals surface area contributed by atoms with Gasteiger partial charge in [0.25, 0.3) is 0 Å². The monoisotopic (exact) mass is 494 g/mol. The van der Waals surface area contributed by atoms with E-state index in [1.165, 1.54) is 5.56 Å². The molecule has 6 heteroatoms. The fourth-order valence-corrected chi connectivity index (χ4v) is 2.67. The zero-order valence-corrected chi connectivity index (χ0v) is 19.4. The van der Waals surface area contributed by atoms with Gasteiger partial charge in [0.1, 0.15) is 0 Å². The van der Waals surface area contributed by atoms with Crippen molar-refractivity contribution >= 4 is 47.2 Å². The molecule has 0 unspecified atom stereocenters. The van der Waals surface area contributed by atoms with E-state index < -0.39 is 0 Å². The molecule has 152 valence electrons. The van der Waals surface area contributed by atoms with Gasteiger partial charge in [-0.2, -0.15) is 0 Å². The summed E-state index contributed by atoms with van der Waals surface area (Å²) >= 11 is 0. The van der Waals surface area contributed by atoms with E-state index in [4.69, 9.17) is 5.73 Å². The maximum Gasteiger partial charge on any atom is 0.224 e. The fourth-order valence-electron chi connectivity index (χ4n) is 2.67. The highest BCUT2D eigenvalue weighted by Gasteiger charge is 2.06. The second-order valence-corrected chi connectivity index (χ2v) is 7.45. The van der Waals surface area contributed by atoms with Crippen molar-refractivity contribution in [3.63, 3.8) is 0 Å². The Balaban J connectivity index is 0.00000392. The largest absolute Gasteiger partial charge is 0.370 e. The Hall–Kier alpha value is -2.09. The first kappa shape index (κ1) is 23.9. The molecule has 0 aliphatic heterocycles. The second kappa shape index (κ2) is 11.7. The normalized spacial score (nSPS) is 11.3. The van der Waals surface area contributed by atoms with Crippen molar-refractivity contribution in [2.24, 2.45) is 16.6 Å². The molecule has 2 rings (SSSR count). The minimum atomic E-state index is 0. The van der Waals surface area contributed by atoms with Crippen LogP contribution in [0.2, 0.25) is 0 Å². The van der Waals surface area contributed by atoms with Gasteiger partial charge < -0.3 is 16.4 Å². The van der Waals surface area contributed by atoms with Crippen LogP contribution in [0.25, 0.3) is 0 Å². The summed E-state index contributed by atoms with van der Waals surface area (Å²) in [6.07, 6.45) is 0.509. The van der Waals surface area contributed by atoms with Crippen LogP contribution < -0.4 is 16.4 Å². The summed E-state index contributed by atoms with van der Waals surface area (Å²) < 4.78 is 0. The molecule has 2 aromatic carbocycles. The molecule has 0 aliphatic rings. The van der Waals surface area contributed by atoms with Crippen LogP contribution in [0.5, 0.6) is 0 Å². The predicted molar refractivity (Wildman–Crippen MR) is 129 cm³/mol. The molecule has 0 aromatic heterocycles. The predicted octanol–water partition coefficient (Wildman–Crippen LogP) is 5.34. The number of carbonyl (C=O) groups is 1. The molecule has 0 atom stereocenters. The van der Waals surface area contributed by atoms with E-state index in [2.05, 4.69) is 41.6 Å². The lowest BCUT2D eigenvalue weighted by atomic mass is 10.0. The van der Waals surface area contributed by atoms with Crippen LogP contribution in [0, 0.1) is 5.92 Å². The van der Waals surface area contributed by atoms with Crippen molar-refractivity contribution in [3.8, 4) is 0 Å². The average molecular weight is 494 g/mol. The van der Waals surface area contributed by atoms with E-state index in [0.717, 1.165) is 16.9 Å². The molecule has 1 amide bonds. The number of nitrogens with two attached hydrogens (primary N) is 1. The number of benzene rings is 2. The minimum Gasteiger partial charge on any atom is -0.370 e. The van der Waals surface area contributed by atoms with Crippen molar-refractivity contribution in [1.82, 2.24) is 0 Å². The third-order valence-electron chi connectivity index (χ3n) is 4.06. The van der Waals surface area contributed by atoms with Crippen molar-refractivity contribution < 1.29 is 4.79 Å². The van der Waals surface area contributed by atoms with Crippen LogP contribution in [0.4, 0.5) is 11.4 Å². The van der Waals surface area contributed by atoms with Crippen molar-refractivity contribution in [2.75, 3.05) is 10.6 Å². The highest BCUT2D eigenvalue weighted by Crippen LogP contribution is 2.18. The first-order valence-electron chi connectivity index (χ1n) is 9.39. The smallest absolute Gasteiger partial charge is 0.224 e. The summed E-state index contributed by atoms with van der Waals surface area (Å²) in [4.78, 5) is 16.3. The molecule has 2 aromatic rings. The molecule has 0 radical (unpaired) electrons. The second-order valence-electron chi connectivity index (χ2n) is 7.45. The number of hydrogen-bond acceptors (Lipinski definition) is 2. The van der Waals surface area contributed by atoms with Crippen LogP contribution in [-0.2, 0) is 11.3 Å². The molecule has 0 heterocycles. The Morgan fingerprint density at radius 1 is 1.00 bits per heavy atom. The maximum atomic E-state index is 11.9. The van der Waals surface area contributed by atoms with Crippen LogP contribution >= 0.6 is 24.0 Å². The summed E-state index contributed by atoms with van der Waals surface area (Å²) in [7, 11) is 0. The SMILES string of the molecule is CC(C)CC(=O)Nc1cccc(CN=C(N)Nc2cccc(C(C)C)c2)c1.I. The number of hydrogen-bond donors (Lipinski definition) is 3. The van der Waals surface area contributed by atoms with Gasteiger partial charge in [-0.05, 0) is 47.2 Å². The number of rotatable bonds is 7. The molecular weight excluding hydrogens is 463 g/mol. The molecule has 0 saturated carbocycles. The summed E-state index contributed by atoms with van der Waals surface area (Å²) in [6, 6.07) is 15.8. The van der Waals surface area contributed by atoms with E-state index in [9.17, 15) is 4.79 Å². The molecular formula is C22H31IN4O. The van der Waals surface area contributed by atoms with Crippen molar-refractivity contribution in [3.05, 3.63) is 59.7 Å². The third kappa shape index (κ3) is 8.29. The number of carbonyl (C=O) groups excluding carboxylic acids is 1. The zero-order valence-electron chi connectivity index (χ0n) is 17.0. The number of amides is 1. The van der Waals surface area contributed by atoms with Crippen LogP contribution in [0.1, 0.15) is 51.2 Å². The van der Waals surface area contributed by atoms with Gasteiger partial charge in [0.15, 0.2) is 5.96 Å². The van der Waals surface area contributed by atoms with Gasteiger partial charge >= 0.3 is 0 Å². The van der Waals surface area contributed by atoms with Crippen LogP contribution in [0.3, 0.4) is 0 Å². The van der Waals surface area contributed by atoms with Crippen LogP contribution in [-0.4, -0.2) is 11.9 Å². The molecule has 0 saturated heterocycles. The van der Waals surface area contributed by atoms with Gasteiger partial charge in [-0.3, -0.25) is 4.79 Å². The van der Waals surface area contributed by atoms with Gasteiger partial charge in [0.2, 0.25) is 5.91 Å². The Morgan fingerprint density at radius 2 is 1.64 bits per heavy atom. The molecule has 28 heavy (non-hydrogen) atoms. The molecule has 4 N–H and O–H groups in total. The van der Waals surface area contributed by atoms with E-state index in [1.807, 2.05) is 50.2 Å². The van der Waals surface area contributed by atoms with Crippen LogP contribution in [0.15, 0.2) is 53.5 Å². The number of guanidine groups is 1. The first-order valence-corrected chi connectivity index (χ1v) is 9.39. The average Bonchev–Trinajstić information content (AvgIpc) is 2.59. The number of nitrogens with one attached hydrogen (secondary N) is 2. The Labute approximate surface area is 185 Å². The van der Waals surface area contributed by atoms with E-state index in [1.54, 1.807) is 0 Å². The van der Waals surface area contributed by atoms with Gasteiger partial charge in [-0.15, -0.1) is 24.0 Å². The summed E-state index contributed by atoms with van der Waals surface area (Å²) in [5.74, 6) is 1.18. The first-order chi connectivity index (χ1) is 12.8. The Morgan fingerprint density at radius 3 is 2.29 bits per heavy atom. The topological polar surface area (TPSA) is 79.5 Å². The standard InChI is InChI=1S/C22H30N4O.HI/c1-15(2)11-21(27)25-19-9-5-7-17(12-19)14-24-22(23)26-20-10-6-8-18(13-20)16(3)4;/h5-10,12-13,15-16H,11,14H2,1-4H3,(H,25,27)(H3,23,24,26);1H. The summed E-state index contributed by atoms with van der Waals surface area (Å²) in [6.45, 7) is 8.80. The lowest BCUT2D eigenvalue weighted by Gasteiger charge is -2.10. The highest BCUT2D eigenvalue weighted by atomic mass is 127. The maximum absolute atomic E-state index is 11.9. The van der Waals surface area contributed by atoms with Gasteiger partial charge in [-0.25, -0.2) is 4.99 Å². The quantitative estimate of drug-likeness (QED) is 0.276. The molecule has 0 fully saturated rings. The molecule has 0 aliphatic carbocycles. The zero-order chi connectivity index (χ0) is 19.8. The fraction of sp³-hybridized carbons (Fsp3) is 0.364. The number of halogens is 1. The lowest BCUT2D eigenvalue weighted by Crippen LogP contribution is -2.22. The lowest BCUT2D eigenvalue weighted by molar-refractivity contribution is -0.116. The third-order valence-corrected chi connectivity index (χ3v) is 4.06. The molecule has 5 nitrogen and oxygen atoms in total.